The normalized spacial score (nSPS) is 11.9. The molecule has 1 rings (SSSR count). The van der Waals surface area contributed by atoms with Gasteiger partial charge in [0, 0.05) is 5.02 Å². The first-order valence-corrected chi connectivity index (χ1v) is 5.79. The minimum atomic E-state index is -0.634. The van der Waals surface area contributed by atoms with Crippen LogP contribution in [-0.4, -0.2) is 11.9 Å². The highest BCUT2D eigenvalue weighted by Gasteiger charge is 2.16. The van der Waals surface area contributed by atoms with Crippen LogP contribution in [0.2, 0.25) is 5.02 Å². The molecule has 3 N–H and O–H groups in total. The van der Waals surface area contributed by atoms with Gasteiger partial charge < -0.3 is 11.1 Å². The maximum absolute atomic E-state index is 13.4. The van der Waals surface area contributed by atoms with Crippen molar-refractivity contribution in [1.82, 2.24) is 0 Å². The van der Waals surface area contributed by atoms with E-state index >= 15 is 0 Å². The Kier molecular flexibility index (Phi) is 7.21. The van der Waals surface area contributed by atoms with Crippen molar-refractivity contribution in [2.75, 3.05) is 5.32 Å². The Morgan fingerprint density at radius 3 is 2.61 bits per heavy atom. The van der Waals surface area contributed by atoms with Gasteiger partial charge in [0.25, 0.3) is 0 Å². The standard InChI is InChI=1S/C12H16ClFN2O.ClH/c1-7(2)5-10(15)12(17)16-11-4-3-8(13)6-9(11)14;/h3-4,6-7,10H,5,15H2,1-2H3,(H,16,17);1H/t10-;/m0./s1. The summed E-state index contributed by atoms with van der Waals surface area (Å²) in [5.74, 6) is -0.645. The molecule has 1 atom stereocenters. The van der Waals surface area contributed by atoms with Crippen molar-refractivity contribution < 1.29 is 9.18 Å². The Balaban J connectivity index is 0.00000289. The monoisotopic (exact) mass is 294 g/mol. The van der Waals surface area contributed by atoms with Gasteiger partial charge in [0.1, 0.15) is 5.82 Å². The van der Waals surface area contributed by atoms with Gasteiger partial charge >= 0.3 is 0 Å². The smallest absolute Gasteiger partial charge is 0.241 e. The van der Waals surface area contributed by atoms with Gasteiger partial charge in [-0.05, 0) is 30.5 Å². The zero-order valence-corrected chi connectivity index (χ0v) is 11.8. The summed E-state index contributed by atoms with van der Waals surface area (Å²) in [5, 5.41) is 2.73. The van der Waals surface area contributed by atoms with Gasteiger partial charge in [0.2, 0.25) is 5.91 Å². The number of amides is 1. The maximum Gasteiger partial charge on any atom is 0.241 e. The predicted molar refractivity (Wildman–Crippen MR) is 74.7 cm³/mol. The molecule has 0 saturated carbocycles. The lowest BCUT2D eigenvalue weighted by Gasteiger charge is -2.14. The number of hydrogen-bond acceptors (Lipinski definition) is 2. The second-order valence-electron chi connectivity index (χ2n) is 4.35. The zero-order valence-electron chi connectivity index (χ0n) is 10.2. The first-order valence-electron chi connectivity index (χ1n) is 5.41. The molecule has 1 aromatic rings. The Hall–Kier alpha value is -0.840. The largest absolute Gasteiger partial charge is 0.322 e. The average Bonchev–Trinajstić information content (AvgIpc) is 2.21. The lowest BCUT2D eigenvalue weighted by Crippen LogP contribution is -2.36. The minimum absolute atomic E-state index is 0. The van der Waals surface area contributed by atoms with Crippen LogP contribution in [0.25, 0.3) is 0 Å². The van der Waals surface area contributed by atoms with Gasteiger partial charge in [0.15, 0.2) is 0 Å². The molecule has 0 aromatic heterocycles. The number of carbonyl (C=O) groups is 1. The summed E-state index contributed by atoms with van der Waals surface area (Å²) in [6.07, 6.45) is 0.557. The lowest BCUT2D eigenvalue weighted by atomic mass is 10.0. The van der Waals surface area contributed by atoms with Crippen LogP contribution in [0.4, 0.5) is 10.1 Å². The van der Waals surface area contributed by atoms with E-state index in [-0.39, 0.29) is 29.0 Å². The van der Waals surface area contributed by atoms with Crippen LogP contribution < -0.4 is 11.1 Å². The fourth-order valence-corrected chi connectivity index (χ4v) is 1.59. The molecule has 3 nitrogen and oxygen atoms in total. The molecule has 0 aliphatic rings. The molecular formula is C12H17Cl2FN2O. The maximum atomic E-state index is 13.4. The molecule has 0 bridgehead atoms. The first-order chi connectivity index (χ1) is 7.90. The molecule has 6 heteroatoms. The summed E-state index contributed by atoms with van der Waals surface area (Å²) in [6, 6.07) is 3.43. The van der Waals surface area contributed by atoms with Crippen LogP contribution >= 0.6 is 24.0 Å². The summed E-state index contributed by atoms with van der Waals surface area (Å²) in [7, 11) is 0. The number of halogens is 3. The molecule has 0 saturated heterocycles. The van der Waals surface area contributed by atoms with Gasteiger partial charge in [-0.1, -0.05) is 25.4 Å². The molecule has 0 unspecified atom stereocenters. The summed E-state index contributed by atoms with van der Waals surface area (Å²) in [5.41, 5.74) is 5.78. The van der Waals surface area contributed by atoms with E-state index in [0.717, 1.165) is 6.07 Å². The quantitative estimate of drug-likeness (QED) is 0.896. The van der Waals surface area contributed by atoms with Gasteiger partial charge in [-0.25, -0.2) is 4.39 Å². The minimum Gasteiger partial charge on any atom is -0.322 e. The number of nitrogens with two attached hydrogens (primary N) is 1. The Bertz CT molecular complexity index is 413. The van der Waals surface area contributed by atoms with Crippen molar-refractivity contribution >= 4 is 35.6 Å². The number of anilines is 1. The van der Waals surface area contributed by atoms with E-state index in [1.54, 1.807) is 0 Å². The van der Waals surface area contributed by atoms with E-state index in [1.165, 1.54) is 12.1 Å². The second-order valence-corrected chi connectivity index (χ2v) is 4.79. The number of rotatable bonds is 4. The van der Waals surface area contributed by atoms with Crippen LogP contribution in [0.15, 0.2) is 18.2 Å². The fourth-order valence-electron chi connectivity index (χ4n) is 1.43. The van der Waals surface area contributed by atoms with E-state index in [1.807, 2.05) is 13.8 Å². The molecule has 0 aliphatic heterocycles. The highest BCUT2D eigenvalue weighted by atomic mass is 35.5. The zero-order chi connectivity index (χ0) is 13.0. The summed E-state index contributed by atoms with van der Waals surface area (Å²) in [4.78, 5) is 11.6. The third-order valence-corrected chi connectivity index (χ3v) is 2.49. The topological polar surface area (TPSA) is 55.1 Å². The van der Waals surface area contributed by atoms with E-state index in [0.29, 0.717) is 12.3 Å². The number of benzene rings is 1. The molecule has 0 aliphatic carbocycles. The fraction of sp³-hybridized carbons (Fsp3) is 0.417. The molecular weight excluding hydrogens is 278 g/mol. The highest BCUT2D eigenvalue weighted by molar-refractivity contribution is 6.30. The molecule has 0 fully saturated rings. The molecule has 1 amide bonds. The average molecular weight is 295 g/mol. The van der Waals surface area contributed by atoms with E-state index < -0.39 is 11.9 Å². The molecule has 18 heavy (non-hydrogen) atoms. The van der Waals surface area contributed by atoms with E-state index in [9.17, 15) is 9.18 Å². The molecule has 102 valence electrons. The van der Waals surface area contributed by atoms with E-state index in [4.69, 9.17) is 17.3 Å². The summed E-state index contributed by atoms with van der Waals surface area (Å²) < 4.78 is 13.4. The van der Waals surface area contributed by atoms with E-state index in [2.05, 4.69) is 5.32 Å². The Morgan fingerprint density at radius 2 is 2.11 bits per heavy atom. The van der Waals surface area contributed by atoms with Crippen molar-refractivity contribution in [3.63, 3.8) is 0 Å². The van der Waals surface area contributed by atoms with Crippen LogP contribution in [0, 0.1) is 11.7 Å². The SMILES string of the molecule is CC(C)C[C@H](N)C(=O)Nc1ccc(Cl)cc1F.Cl. The summed E-state index contributed by atoms with van der Waals surface area (Å²) >= 11 is 5.61. The van der Waals surface area contributed by atoms with Crippen molar-refractivity contribution in [2.24, 2.45) is 11.7 Å². The van der Waals surface area contributed by atoms with Crippen molar-refractivity contribution in [2.45, 2.75) is 26.3 Å². The van der Waals surface area contributed by atoms with Crippen LogP contribution in [0.3, 0.4) is 0 Å². The number of carbonyl (C=O) groups excluding carboxylic acids is 1. The number of nitrogens with one attached hydrogen (secondary N) is 1. The summed E-state index contributed by atoms with van der Waals surface area (Å²) in [6.45, 7) is 3.94. The van der Waals surface area contributed by atoms with Crippen molar-refractivity contribution in [1.29, 1.82) is 0 Å². The Morgan fingerprint density at radius 1 is 1.50 bits per heavy atom. The second kappa shape index (κ2) is 7.56. The van der Waals surface area contributed by atoms with Gasteiger partial charge in [-0.2, -0.15) is 0 Å². The Labute approximate surface area is 117 Å². The van der Waals surface area contributed by atoms with Gasteiger partial charge in [-0.3, -0.25) is 4.79 Å². The molecule has 0 radical (unpaired) electrons. The van der Waals surface area contributed by atoms with Crippen molar-refractivity contribution in [3.05, 3.63) is 29.0 Å². The van der Waals surface area contributed by atoms with Gasteiger partial charge in [0.05, 0.1) is 11.7 Å². The molecule has 0 spiro atoms. The van der Waals surface area contributed by atoms with Crippen LogP contribution in [0.1, 0.15) is 20.3 Å². The third-order valence-electron chi connectivity index (χ3n) is 2.25. The first kappa shape index (κ1) is 17.2. The van der Waals surface area contributed by atoms with Crippen LogP contribution in [-0.2, 0) is 4.79 Å². The van der Waals surface area contributed by atoms with Crippen LogP contribution in [0.5, 0.6) is 0 Å². The highest BCUT2D eigenvalue weighted by Crippen LogP contribution is 2.19. The molecule has 0 heterocycles. The van der Waals surface area contributed by atoms with Gasteiger partial charge in [-0.15, -0.1) is 12.4 Å². The lowest BCUT2D eigenvalue weighted by molar-refractivity contribution is -0.117. The third kappa shape index (κ3) is 5.21. The number of hydrogen-bond donors (Lipinski definition) is 2. The predicted octanol–water partition coefficient (Wildman–Crippen LogP) is 3.21. The van der Waals surface area contributed by atoms with Crippen molar-refractivity contribution in [3.8, 4) is 0 Å². The molecule has 1 aromatic carbocycles.